The molecule has 0 atom stereocenters. The molecule has 0 aliphatic carbocycles. The van der Waals surface area contributed by atoms with E-state index in [0.29, 0.717) is 12.8 Å². The van der Waals surface area contributed by atoms with Gasteiger partial charge in [-0.2, -0.15) is 0 Å². The molecule has 0 aliphatic heterocycles. The maximum absolute atomic E-state index is 11.9. The van der Waals surface area contributed by atoms with Gasteiger partial charge in [0.15, 0.2) is 0 Å². The third kappa shape index (κ3) is 3.79. The zero-order chi connectivity index (χ0) is 12.3. The molecule has 1 nitrogen and oxygen atoms in total. The molecule has 1 aromatic heterocycles. The quantitative estimate of drug-likeness (QED) is 0.828. The lowest BCUT2D eigenvalue weighted by atomic mass is 10.1. The molecule has 17 heavy (non-hydrogen) atoms. The molecule has 0 bridgehead atoms. The van der Waals surface area contributed by atoms with Crippen molar-refractivity contribution in [3.63, 3.8) is 0 Å². The van der Waals surface area contributed by atoms with Crippen LogP contribution in [-0.4, -0.2) is 5.78 Å². The van der Waals surface area contributed by atoms with Crippen LogP contribution in [0.3, 0.4) is 0 Å². The average Bonchev–Trinajstić information content (AvgIpc) is 2.67. The number of Topliss-reactive ketones (excluding diaryl/α,β-unsaturated/α-hetero) is 1. The monoisotopic (exact) mass is 308 g/mol. The van der Waals surface area contributed by atoms with Crippen LogP contribution in [0.5, 0.6) is 0 Å². The molecule has 0 spiro atoms. The van der Waals surface area contributed by atoms with Gasteiger partial charge in [-0.1, -0.05) is 29.8 Å². The lowest BCUT2D eigenvalue weighted by Crippen LogP contribution is -2.05. The summed E-state index contributed by atoms with van der Waals surface area (Å²) in [6.07, 6.45) is 1.06. The van der Waals surface area contributed by atoms with Gasteiger partial charge in [0.25, 0.3) is 0 Å². The van der Waals surface area contributed by atoms with Crippen molar-refractivity contribution in [2.45, 2.75) is 19.8 Å². The molecule has 0 saturated heterocycles. The van der Waals surface area contributed by atoms with Crippen molar-refractivity contribution in [1.82, 2.24) is 0 Å². The smallest absolute Gasteiger partial charge is 0.142 e. The lowest BCUT2D eigenvalue weighted by molar-refractivity contribution is -0.117. The molecule has 0 saturated carbocycles. The minimum atomic E-state index is 0.267. The van der Waals surface area contributed by atoms with E-state index in [1.54, 1.807) is 11.3 Å². The van der Waals surface area contributed by atoms with Crippen LogP contribution >= 0.6 is 27.3 Å². The predicted octanol–water partition coefficient (Wildman–Crippen LogP) is 4.17. The summed E-state index contributed by atoms with van der Waals surface area (Å²) in [7, 11) is 0. The van der Waals surface area contributed by atoms with Gasteiger partial charge in [-0.25, -0.2) is 0 Å². The molecule has 0 N–H and O–H groups in total. The number of rotatable bonds is 4. The number of carbonyl (C=O) groups excluding carboxylic acids is 1. The van der Waals surface area contributed by atoms with Crippen molar-refractivity contribution in [1.29, 1.82) is 0 Å². The molecular formula is C14H13BrOS. The highest BCUT2D eigenvalue weighted by atomic mass is 79.9. The second kappa shape index (κ2) is 5.61. The van der Waals surface area contributed by atoms with Crippen LogP contribution in [0.2, 0.25) is 0 Å². The third-order valence-corrected chi connectivity index (χ3v) is 4.21. The first-order valence-corrected chi connectivity index (χ1v) is 7.11. The number of benzene rings is 1. The molecule has 0 fully saturated rings. The van der Waals surface area contributed by atoms with Crippen LogP contribution in [0.4, 0.5) is 0 Å². The Balaban J connectivity index is 1.95. The summed E-state index contributed by atoms with van der Waals surface area (Å²) >= 11 is 5.02. The highest BCUT2D eigenvalue weighted by Crippen LogP contribution is 2.20. The van der Waals surface area contributed by atoms with E-state index in [1.165, 1.54) is 5.56 Å². The van der Waals surface area contributed by atoms with E-state index >= 15 is 0 Å². The number of hydrogen-bond donors (Lipinski definition) is 0. The Kier molecular flexibility index (Phi) is 4.13. The standard InChI is InChI=1S/C14H13BrOS/c1-10-2-4-11(5-3-10)6-13(16)8-14-7-12(15)9-17-14/h2-5,7,9H,6,8H2,1H3. The summed E-state index contributed by atoms with van der Waals surface area (Å²) in [5.74, 6) is 0.267. The van der Waals surface area contributed by atoms with Crippen molar-refractivity contribution in [2.75, 3.05) is 0 Å². The van der Waals surface area contributed by atoms with Crippen LogP contribution in [-0.2, 0) is 17.6 Å². The van der Waals surface area contributed by atoms with E-state index in [0.717, 1.165) is 14.9 Å². The Labute approximate surface area is 114 Å². The average molecular weight is 309 g/mol. The van der Waals surface area contributed by atoms with Crippen LogP contribution in [0, 0.1) is 6.92 Å². The van der Waals surface area contributed by atoms with Crippen molar-refractivity contribution < 1.29 is 4.79 Å². The fourth-order valence-corrected chi connectivity index (χ4v) is 3.12. The minimum absolute atomic E-state index is 0.267. The third-order valence-electron chi connectivity index (χ3n) is 2.52. The zero-order valence-corrected chi connectivity index (χ0v) is 12.0. The number of thiophene rings is 1. The van der Waals surface area contributed by atoms with E-state index in [2.05, 4.69) is 22.9 Å². The molecule has 1 aromatic carbocycles. The normalized spacial score (nSPS) is 10.5. The van der Waals surface area contributed by atoms with Crippen LogP contribution in [0.15, 0.2) is 40.2 Å². The van der Waals surface area contributed by atoms with Crippen LogP contribution < -0.4 is 0 Å². The van der Waals surface area contributed by atoms with Crippen LogP contribution in [0.1, 0.15) is 16.0 Å². The van der Waals surface area contributed by atoms with Gasteiger partial charge in [-0.05, 0) is 34.5 Å². The number of aryl methyl sites for hydroxylation is 1. The summed E-state index contributed by atoms with van der Waals surface area (Å²) in [4.78, 5) is 13.0. The van der Waals surface area contributed by atoms with Gasteiger partial charge < -0.3 is 0 Å². The van der Waals surface area contributed by atoms with Gasteiger partial charge in [0.1, 0.15) is 5.78 Å². The van der Waals surface area contributed by atoms with Gasteiger partial charge in [-0.15, -0.1) is 11.3 Å². The highest BCUT2D eigenvalue weighted by Gasteiger charge is 2.07. The summed E-state index contributed by atoms with van der Waals surface area (Å²) in [5.41, 5.74) is 2.32. The Hall–Kier alpha value is -0.930. The van der Waals surface area contributed by atoms with Gasteiger partial charge in [0.2, 0.25) is 0 Å². The molecule has 1 heterocycles. The fourth-order valence-electron chi connectivity index (χ4n) is 1.64. The predicted molar refractivity (Wildman–Crippen MR) is 75.6 cm³/mol. The number of carbonyl (C=O) groups is 1. The SMILES string of the molecule is Cc1ccc(CC(=O)Cc2cc(Br)cs2)cc1. The Bertz CT molecular complexity index is 513. The van der Waals surface area contributed by atoms with Crippen molar-refractivity contribution >= 4 is 33.0 Å². The van der Waals surface area contributed by atoms with E-state index in [9.17, 15) is 4.79 Å². The largest absolute Gasteiger partial charge is 0.299 e. The Morgan fingerprint density at radius 1 is 1.24 bits per heavy atom. The van der Waals surface area contributed by atoms with Gasteiger partial charge in [-0.3, -0.25) is 4.79 Å². The summed E-state index contributed by atoms with van der Waals surface area (Å²) < 4.78 is 1.06. The topological polar surface area (TPSA) is 17.1 Å². The second-order valence-electron chi connectivity index (χ2n) is 4.11. The molecule has 0 radical (unpaired) electrons. The van der Waals surface area contributed by atoms with Crippen LogP contribution in [0.25, 0.3) is 0 Å². The first-order chi connectivity index (χ1) is 8.13. The first-order valence-electron chi connectivity index (χ1n) is 5.43. The van der Waals surface area contributed by atoms with Crippen molar-refractivity contribution in [3.05, 3.63) is 56.2 Å². The van der Waals surface area contributed by atoms with Crippen molar-refractivity contribution in [3.8, 4) is 0 Å². The summed E-state index contributed by atoms with van der Waals surface area (Å²) in [6, 6.07) is 10.2. The number of ketones is 1. The van der Waals surface area contributed by atoms with Crippen molar-refractivity contribution in [2.24, 2.45) is 0 Å². The molecule has 0 aliphatic rings. The molecular weight excluding hydrogens is 296 g/mol. The summed E-state index contributed by atoms with van der Waals surface area (Å²) in [5, 5.41) is 2.01. The highest BCUT2D eigenvalue weighted by molar-refractivity contribution is 9.10. The van der Waals surface area contributed by atoms with Gasteiger partial charge in [0, 0.05) is 27.6 Å². The number of halogens is 1. The molecule has 0 amide bonds. The van der Waals surface area contributed by atoms with Gasteiger partial charge >= 0.3 is 0 Å². The maximum atomic E-state index is 11.9. The first kappa shape index (κ1) is 12.5. The van der Waals surface area contributed by atoms with E-state index in [1.807, 2.05) is 35.7 Å². The summed E-state index contributed by atoms with van der Waals surface area (Å²) in [6.45, 7) is 2.05. The molecule has 3 heteroatoms. The number of hydrogen-bond acceptors (Lipinski definition) is 2. The molecule has 2 rings (SSSR count). The Morgan fingerprint density at radius 3 is 2.53 bits per heavy atom. The van der Waals surface area contributed by atoms with E-state index in [-0.39, 0.29) is 5.78 Å². The minimum Gasteiger partial charge on any atom is -0.299 e. The lowest BCUT2D eigenvalue weighted by Gasteiger charge is -2.00. The van der Waals surface area contributed by atoms with Gasteiger partial charge in [0.05, 0.1) is 0 Å². The Morgan fingerprint density at radius 2 is 1.94 bits per heavy atom. The second-order valence-corrected chi connectivity index (χ2v) is 6.02. The molecule has 2 aromatic rings. The molecule has 0 unspecified atom stereocenters. The molecule has 88 valence electrons. The maximum Gasteiger partial charge on any atom is 0.142 e. The fraction of sp³-hybridized carbons (Fsp3) is 0.214. The van der Waals surface area contributed by atoms with E-state index < -0.39 is 0 Å². The van der Waals surface area contributed by atoms with E-state index in [4.69, 9.17) is 0 Å². The zero-order valence-electron chi connectivity index (χ0n) is 9.57.